The van der Waals surface area contributed by atoms with Crippen LogP contribution in [0.25, 0.3) is 0 Å². The van der Waals surface area contributed by atoms with E-state index in [4.69, 9.17) is 5.73 Å². The lowest BCUT2D eigenvalue weighted by Gasteiger charge is -2.05. The van der Waals surface area contributed by atoms with Crippen LogP contribution >= 0.6 is 0 Å². The largest absolute Gasteiger partial charge is 0.343 e. The number of nitrogens with two attached hydrogens (primary N) is 1. The Morgan fingerprint density at radius 2 is 2.00 bits per heavy atom. The summed E-state index contributed by atoms with van der Waals surface area (Å²) < 4.78 is 4.62. The third-order valence-corrected chi connectivity index (χ3v) is 1.82. The summed E-state index contributed by atoms with van der Waals surface area (Å²) in [4.78, 5) is 3.89. The van der Waals surface area contributed by atoms with Gasteiger partial charge in [-0.05, 0) is 5.56 Å². The Morgan fingerprint density at radius 1 is 1.23 bits per heavy atom. The summed E-state index contributed by atoms with van der Waals surface area (Å²) in [5.41, 5.74) is 6.85. The summed E-state index contributed by atoms with van der Waals surface area (Å²) in [7, 11) is 0. The van der Waals surface area contributed by atoms with Crippen LogP contribution in [0.5, 0.6) is 0 Å². The van der Waals surface area contributed by atoms with Crippen molar-refractivity contribution >= 4 is 0 Å². The number of hydrogen-bond acceptors (Lipinski definition) is 4. The SMILES string of the molecule is NC(c1ccccc1)c1ncon1. The highest BCUT2D eigenvalue weighted by Gasteiger charge is 2.12. The summed E-state index contributed by atoms with van der Waals surface area (Å²) in [6, 6.07) is 9.35. The minimum atomic E-state index is -0.306. The molecule has 1 unspecified atom stereocenters. The van der Waals surface area contributed by atoms with Gasteiger partial charge in [-0.15, -0.1) is 0 Å². The molecule has 2 N–H and O–H groups in total. The third-order valence-electron chi connectivity index (χ3n) is 1.82. The molecule has 0 aliphatic rings. The fraction of sp³-hybridized carbons (Fsp3) is 0.111. The lowest BCUT2D eigenvalue weighted by atomic mass is 10.1. The molecule has 0 aliphatic carbocycles. The van der Waals surface area contributed by atoms with Crippen LogP contribution in [0, 0.1) is 0 Å². The van der Waals surface area contributed by atoms with Crippen molar-refractivity contribution in [3.05, 3.63) is 48.1 Å². The Kier molecular flexibility index (Phi) is 2.06. The Morgan fingerprint density at radius 3 is 2.62 bits per heavy atom. The first-order valence-corrected chi connectivity index (χ1v) is 3.95. The van der Waals surface area contributed by atoms with Gasteiger partial charge in [-0.3, -0.25) is 0 Å². The van der Waals surface area contributed by atoms with E-state index in [1.54, 1.807) is 0 Å². The molecule has 4 nitrogen and oxygen atoms in total. The average Bonchev–Trinajstić information content (AvgIpc) is 2.71. The monoisotopic (exact) mass is 175 g/mol. The van der Waals surface area contributed by atoms with E-state index < -0.39 is 0 Å². The molecule has 1 aromatic heterocycles. The van der Waals surface area contributed by atoms with Crippen molar-refractivity contribution in [2.45, 2.75) is 6.04 Å². The normalized spacial score (nSPS) is 12.7. The zero-order chi connectivity index (χ0) is 9.10. The molecule has 0 saturated heterocycles. The molecule has 1 atom stereocenters. The Hall–Kier alpha value is -1.68. The maximum Gasteiger partial charge on any atom is 0.213 e. The van der Waals surface area contributed by atoms with Gasteiger partial charge in [0.05, 0.1) is 6.04 Å². The van der Waals surface area contributed by atoms with Gasteiger partial charge in [-0.25, -0.2) is 0 Å². The minimum Gasteiger partial charge on any atom is -0.343 e. The van der Waals surface area contributed by atoms with E-state index >= 15 is 0 Å². The van der Waals surface area contributed by atoms with E-state index in [-0.39, 0.29) is 6.04 Å². The molecule has 4 heteroatoms. The number of hydrogen-bond donors (Lipinski definition) is 1. The zero-order valence-corrected chi connectivity index (χ0v) is 6.92. The van der Waals surface area contributed by atoms with Crippen LogP contribution in [0.3, 0.4) is 0 Å². The maximum atomic E-state index is 5.88. The fourth-order valence-corrected chi connectivity index (χ4v) is 1.13. The third kappa shape index (κ3) is 1.57. The predicted molar refractivity (Wildman–Crippen MR) is 46.8 cm³/mol. The smallest absolute Gasteiger partial charge is 0.213 e. The number of aromatic nitrogens is 2. The quantitative estimate of drug-likeness (QED) is 0.742. The van der Waals surface area contributed by atoms with Crippen LogP contribution in [0.1, 0.15) is 17.4 Å². The molecule has 0 aliphatic heterocycles. The van der Waals surface area contributed by atoms with Gasteiger partial charge in [0.1, 0.15) is 0 Å². The second-order valence-electron chi connectivity index (χ2n) is 2.68. The van der Waals surface area contributed by atoms with Gasteiger partial charge in [0.25, 0.3) is 0 Å². The van der Waals surface area contributed by atoms with Gasteiger partial charge in [0.15, 0.2) is 5.82 Å². The first-order valence-electron chi connectivity index (χ1n) is 3.95. The highest BCUT2D eigenvalue weighted by molar-refractivity contribution is 5.23. The molecule has 2 rings (SSSR count). The van der Waals surface area contributed by atoms with Crippen LogP contribution in [0.4, 0.5) is 0 Å². The maximum absolute atomic E-state index is 5.88. The number of nitrogens with zero attached hydrogens (tertiary/aromatic N) is 2. The second-order valence-corrected chi connectivity index (χ2v) is 2.68. The topological polar surface area (TPSA) is 64.9 Å². The summed E-state index contributed by atoms with van der Waals surface area (Å²) in [6.45, 7) is 0. The van der Waals surface area contributed by atoms with Crippen molar-refractivity contribution in [2.75, 3.05) is 0 Å². The summed E-state index contributed by atoms with van der Waals surface area (Å²) in [6.07, 6.45) is 1.28. The zero-order valence-electron chi connectivity index (χ0n) is 6.92. The van der Waals surface area contributed by atoms with Crippen LogP contribution in [-0.4, -0.2) is 10.1 Å². The Balaban J connectivity index is 2.29. The van der Waals surface area contributed by atoms with Crippen molar-refractivity contribution < 1.29 is 4.52 Å². The lowest BCUT2D eigenvalue weighted by molar-refractivity contribution is 0.407. The van der Waals surface area contributed by atoms with Crippen molar-refractivity contribution in [1.82, 2.24) is 10.1 Å². The highest BCUT2D eigenvalue weighted by atomic mass is 16.5. The van der Waals surface area contributed by atoms with Crippen molar-refractivity contribution in [1.29, 1.82) is 0 Å². The molecule has 1 heterocycles. The highest BCUT2D eigenvalue weighted by Crippen LogP contribution is 2.14. The molecule has 1 aromatic carbocycles. The minimum absolute atomic E-state index is 0.306. The lowest BCUT2D eigenvalue weighted by Crippen LogP contribution is -2.13. The average molecular weight is 175 g/mol. The van der Waals surface area contributed by atoms with Crippen LogP contribution < -0.4 is 5.73 Å². The van der Waals surface area contributed by atoms with E-state index in [1.807, 2.05) is 30.3 Å². The van der Waals surface area contributed by atoms with Crippen LogP contribution in [0.2, 0.25) is 0 Å². The second kappa shape index (κ2) is 3.37. The van der Waals surface area contributed by atoms with Crippen LogP contribution in [0.15, 0.2) is 41.2 Å². The molecule has 0 bridgehead atoms. The van der Waals surface area contributed by atoms with Gasteiger partial charge in [-0.2, -0.15) is 4.98 Å². The molecule has 13 heavy (non-hydrogen) atoms. The van der Waals surface area contributed by atoms with E-state index in [2.05, 4.69) is 14.7 Å². The van der Waals surface area contributed by atoms with E-state index in [9.17, 15) is 0 Å². The molecular formula is C9H9N3O. The molecule has 66 valence electrons. The molecule has 0 saturated carbocycles. The van der Waals surface area contributed by atoms with E-state index in [1.165, 1.54) is 6.39 Å². The van der Waals surface area contributed by atoms with Crippen LogP contribution in [-0.2, 0) is 0 Å². The molecule has 0 amide bonds. The first-order chi connectivity index (χ1) is 6.38. The summed E-state index contributed by atoms with van der Waals surface area (Å²) >= 11 is 0. The predicted octanol–water partition coefficient (Wildman–Crippen LogP) is 1.12. The summed E-state index contributed by atoms with van der Waals surface area (Å²) in [5.74, 6) is 0.506. The Bertz CT molecular complexity index is 358. The molecular weight excluding hydrogens is 166 g/mol. The van der Waals surface area contributed by atoms with Gasteiger partial charge in [0, 0.05) is 0 Å². The molecule has 0 spiro atoms. The molecule has 2 aromatic rings. The van der Waals surface area contributed by atoms with E-state index in [0.29, 0.717) is 5.82 Å². The van der Waals surface area contributed by atoms with Gasteiger partial charge < -0.3 is 10.3 Å². The van der Waals surface area contributed by atoms with Gasteiger partial charge in [0.2, 0.25) is 6.39 Å². The van der Waals surface area contributed by atoms with Crippen molar-refractivity contribution in [3.63, 3.8) is 0 Å². The summed E-state index contributed by atoms with van der Waals surface area (Å²) in [5, 5.41) is 3.68. The standard InChI is InChI=1S/C9H9N3O/c10-8(9-11-6-13-12-9)7-4-2-1-3-5-7/h1-6,8H,10H2. The number of benzene rings is 1. The molecule has 0 radical (unpaired) electrons. The first kappa shape index (κ1) is 7.94. The van der Waals surface area contributed by atoms with Crippen molar-refractivity contribution in [3.8, 4) is 0 Å². The Labute approximate surface area is 75.4 Å². The van der Waals surface area contributed by atoms with Gasteiger partial charge >= 0.3 is 0 Å². The van der Waals surface area contributed by atoms with E-state index in [0.717, 1.165) is 5.56 Å². The fourth-order valence-electron chi connectivity index (χ4n) is 1.13. The van der Waals surface area contributed by atoms with Crippen molar-refractivity contribution in [2.24, 2.45) is 5.73 Å². The number of rotatable bonds is 2. The molecule has 0 fully saturated rings. The van der Waals surface area contributed by atoms with Gasteiger partial charge in [-0.1, -0.05) is 35.5 Å².